The van der Waals surface area contributed by atoms with Gasteiger partial charge in [0.15, 0.2) is 17.5 Å². The van der Waals surface area contributed by atoms with E-state index in [4.69, 9.17) is 5.73 Å². The second-order valence-corrected chi connectivity index (χ2v) is 6.76. The predicted octanol–water partition coefficient (Wildman–Crippen LogP) is 2.56. The molecule has 1 saturated carbocycles. The van der Waals surface area contributed by atoms with Crippen molar-refractivity contribution in [1.29, 1.82) is 0 Å². The molecule has 0 aliphatic heterocycles. The molecular formula is C19H19F2N5O. The van der Waals surface area contributed by atoms with Gasteiger partial charge in [0.1, 0.15) is 11.5 Å². The highest BCUT2D eigenvalue weighted by molar-refractivity contribution is 5.49. The number of nitrogens with zero attached hydrogens (tertiary/aromatic N) is 4. The van der Waals surface area contributed by atoms with Crippen molar-refractivity contribution in [2.45, 2.75) is 37.3 Å². The molecule has 3 N–H and O–H groups in total. The van der Waals surface area contributed by atoms with Crippen LogP contribution in [0, 0.1) is 11.6 Å². The van der Waals surface area contributed by atoms with Crippen LogP contribution in [-0.2, 0) is 0 Å². The van der Waals surface area contributed by atoms with Crippen LogP contribution in [0.5, 0.6) is 0 Å². The van der Waals surface area contributed by atoms with E-state index >= 15 is 0 Å². The quantitative estimate of drug-likeness (QED) is 0.739. The second-order valence-electron chi connectivity index (χ2n) is 6.76. The number of hydrogen-bond donors (Lipinski definition) is 2. The standard InChI is InChI=1S/C19H19F2N5O/c20-13-6-5-12(10-14(13)21)26-19(11-4-7-15(22)17(27)9-11)24-18(25-26)16-3-1-2-8-23-16/h1-3,5-6,8,10-11,15,17,27H,4,7,9,22H2/t11-,15+,17+/m0/s1. The molecular weight excluding hydrogens is 352 g/mol. The number of hydrogen-bond acceptors (Lipinski definition) is 5. The summed E-state index contributed by atoms with van der Waals surface area (Å²) in [4.78, 5) is 8.87. The van der Waals surface area contributed by atoms with Gasteiger partial charge in [0, 0.05) is 24.2 Å². The number of aliphatic hydroxyl groups excluding tert-OH is 1. The molecule has 0 bridgehead atoms. The summed E-state index contributed by atoms with van der Waals surface area (Å²) in [5.74, 6) is -1.02. The van der Waals surface area contributed by atoms with E-state index in [0.717, 1.165) is 18.6 Å². The fraction of sp³-hybridized carbons (Fsp3) is 0.316. The van der Waals surface area contributed by atoms with Crippen molar-refractivity contribution in [3.63, 3.8) is 0 Å². The molecule has 0 saturated heterocycles. The van der Waals surface area contributed by atoms with Crippen LogP contribution in [0.15, 0.2) is 42.6 Å². The number of nitrogens with two attached hydrogens (primary N) is 1. The highest BCUT2D eigenvalue weighted by Gasteiger charge is 2.31. The third-order valence-corrected chi connectivity index (χ3v) is 4.91. The van der Waals surface area contributed by atoms with Gasteiger partial charge < -0.3 is 10.8 Å². The minimum absolute atomic E-state index is 0.0992. The Balaban J connectivity index is 1.80. The van der Waals surface area contributed by atoms with Gasteiger partial charge in [0.2, 0.25) is 0 Å². The van der Waals surface area contributed by atoms with Crippen molar-refractivity contribution < 1.29 is 13.9 Å². The van der Waals surface area contributed by atoms with Crippen molar-refractivity contribution >= 4 is 0 Å². The van der Waals surface area contributed by atoms with Crippen molar-refractivity contribution in [2.24, 2.45) is 5.73 Å². The van der Waals surface area contributed by atoms with Crippen LogP contribution in [0.3, 0.4) is 0 Å². The lowest BCUT2D eigenvalue weighted by Gasteiger charge is -2.30. The number of benzene rings is 1. The van der Waals surface area contributed by atoms with Crippen molar-refractivity contribution in [2.75, 3.05) is 0 Å². The Morgan fingerprint density at radius 2 is 1.96 bits per heavy atom. The third-order valence-electron chi connectivity index (χ3n) is 4.91. The SMILES string of the molecule is N[C@@H]1CC[C@H](c2nc(-c3ccccn3)nn2-c2ccc(F)c(F)c2)C[C@H]1O. The molecule has 0 spiro atoms. The smallest absolute Gasteiger partial charge is 0.200 e. The minimum Gasteiger partial charge on any atom is -0.391 e. The third kappa shape index (κ3) is 3.45. The Labute approximate surface area is 154 Å². The Morgan fingerprint density at radius 1 is 1.11 bits per heavy atom. The average Bonchev–Trinajstić information content (AvgIpc) is 3.12. The molecule has 3 aromatic rings. The fourth-order valence-corrected chi connectivity index (χ4v) is 3.40. The van der Waals surface area contributed by atoms with Gasteiger partial charge in [-0.3, -0.25) is 4.98 Å². The zero-order chi connectivity index (χ0) is 19.0. The summed E-state index contributed by atoms with van der Waals surface area (Å²) in [5.41, 5.74) is 6.85. The monoisotopic (exact) mass is 371 g/mol. The largest absolute Gasteiger partial charge is 0.391 e. The first-order valence-corrected chi connectivity index (χ1v) is 8.80. The van der Waals surface area contributed by atoms with Crippen LogP contribution in [0.1, 0.15) is 31.0 Å². The first-order valence-electron chi connectivity index (χ1n) is 8.80. The normalized spacial score (nSPS) is 22.7. The molecule has 1 fully saturated rings. The lowest BCUT2D eigenvalue weighted by Crippen LogP contribution is -2.40. The highest BCUT2D eigenvalue weighted by atomic mass is 19.2. The van der Waals surface area contributed by atoms with Gasteiger partial charge in [-0.2, -0.15) is 0 Å². The van der Waals surface area contributed by atoms with Crippen molar-refractivity contribution in [1.82, 2.24) is 19.7 Å². The Kier molecular flexibility index (Phi) is 4.67. The molecule has 0 unspecified atom stereocenters. The summed E-state index contributed by atoms with van der Waals surface area (Å²) in [6.45, 7) is 0. The van der Waals surface area contributed by atoms with Crippen molar-refractivity contribution in [3.8, 4) is 17.2 Å². The molecule has 4 rings (SSSR count). The van der Waals surface area contributed by atoms with E-state index in [9.17, 15) is 13.9 Å². The van der Waals surface area contributed by atoms with Crippen LogP contribution in [0.25, 0.3) is 17.2 Å². The topological polar surface area (TPSA) is 89.9 Å². The van der Waals surface area contributed by atoms with E-state index in [1.807, 2.05) is 6.07 Å². The van der Waals surface area contributed by atoms with Crippen LogP contribution in [0.2, 0.25) is 0 Å². The Hall–Kier alpha value is -2.71. The minimum atomic E-state index is -0.959. The zero-order valence-electron chi connectivity index (χ0n) is 14.5. The van der Waals surface area contributed by atoms with E-state index in [2.05, 4.69) is 15.1 Å². The lowest BCUT2D eigenvalue weighted by atomic mass is 9.84. The number of pyridine rings is 1. The maximum atomic E-state index is 13.8. The maximum absolute atomic E-state index is 13.8. The molecule has 2 heterocycles. The van der Waals surface area contributed by atoms with Gasteiger partial charge in [-0.1, -0.05) is 6.07 Å². The molecule has 6 nitrogen and oxygen atoms in total. The number of aromatic nitrogens is 4. The Bertz CT molecular complexity index is 947. The first kappa shape index (κ1) is 17.7. The number of halogens is 2. The number of rotatable bonds is 3. The Morgan fingerprint density at radius 3 is 2.67 bits per heavy atom. The summed E-state index contributed by atoms with van der Waals surface area (Å²) >= 11 is 0. The van der Waals surface area contributed by atoms with Gasteiger partial charge in [-0.05, 0) is 43.5 Å². The lowest BCUT2D eigenvalue weighted by molar-refractivity contribution is 0.0961. The molecule has 1 aromatic carbocycles. The molecule has 3 atom stereocenters. The molecule has 140 valence electrons. The molecule has 1 aliphatic rings. The van der Waals surface area contributed by atoms with E-state index in [1.165, 1.54) is 10.7 Å². The van der Waals surface area contributed by atoms with Gasteiger partial charge in [0.25, 0.3) is 0 Å². The van der Waals surface area contributed by atoms with E-state index in [-0.39, 0.29) is 12.0 Å². The summed E-state index contributed by atoms with van der Waals surface area (Å²) < 4.78 is 28.6. The molecule has 8 heteroatoms. The van der Waals surface area contributed by atoms with Crippen LogP contribution >= 0.6 is 0 Å². The molecule has 0 amide bonds. The first-order chi connectivity index (χ1) is 13.0. The van der Waals surface area contributed by atoms with Gasteiger partial charge >= 0.3 is 0 Å². The molecule has 27 heavy (non-hydrogen) atoms. The van der Waals surface area contributed by atoms with Crippen LogP contribution in [-0.4, -0.2) is 37.0 Å². The predicted molar refractivity (Wildman–Crippen MR) is 95.1 cm³/mol. The average molecular weight is 371 g/mol. The van der Waals surface area contributed by atoms with Gasteiger partial charge in [-0.15, -0.1) is 5.10 Å². The summed E-state index contributed by atoms with van der Waals surface area (Å²) in [6.07, 6.45) is 2.80. The van der Waals surface area contributed by atoms with Crippen molar-refractivity contribution in [3.05, 3.63) is 60.1 Å². The zero-order valence-corrected chi connectivity index (χ0v) is 14.5. The molecule has 1 aliphatic carbocycles. The fourth-order valence-electron chi connectivity index (χ4n) is 3.40. The van der Waals surface area contributed by atoms with E-state index in [1.54, 1.807) is 18.3 Å². The maximum Gasteiger partial charge on any atom is 0.200 e. The van der Waals surface area contributed by atoms with Gasteiger partial charge in [0.05, 0.1) is 11.8 Å². The van der Waals surface area contributed by atoms with Gasteiger partial charge in [-0.25, -0.2) is 18.4 Å². The number of aliphatic hydroxyl groups is 1. The highest BCUT2D eigenvalue weighted by Crippen LogP contribution is 2.33. The van der Waals surface area contributed by atoms with Crippen LogP contribution in [0.4, 0.5) is 8.78 Å². The molecule has 2 aromatic heterocycles. The molecule has 0 radical (unpaired) electrons. The second kappa shape index (κ2) is 7.13. The van der Waals surface area contributed by atoms with Crippen LogP contribution < -0.4 is 5.73 Å². The van der Waals surface area contributed by atoms with E-state index < -0.39 is 17.7 Å². The summed E-state index contributed by atoms with van der Waals surface area (Å²) in [5, 5.41) is 14.7. The summed E-state index contributed by atoms with van der Waals surface area (Å²) in [7, 11) is 0. The summed E-state index contributed by atoms with van der Waals surface area (Å²) in [6, 6.07) is 8.71. The van der Waals surface area contributed by atoms with E-state index in [0.29, 0.717) is 35.9 Å².